The van der Waals surface area contributed by atoms with Gasteiger partial charge in [0.1, 0.15) is 23.7 Å². The van der Waals surface area contributed by atoms with Crippen molar-refractivity contribution in [2.24, 2.45) is 11.8 Å². The van der Waals surface area contributed by atoms with Crippen LogP contribution < -0.4 is 10.6 Å². The first-order valence-electron chi connectivity index (χ1n) is 20.2. The van der Waals surface area contributed by atoms with Crippen LogP contribution in [0.2, 0.25) is 0 Å². The van der Waals surface area contributed by atoms with Gasteiger partial charge in [0, 0.05) is 13.1 Å². The van der Waals surface area contributed by atoms with Gasteiger partial charge in [-0.25, -0.2) is 19.6 Å². The third-order valence-electron chi connectivity index (χ3n) is 11.6. The van der Waals surface area contributed by atoms with Gasteiger partial charge in [0.15, 0.2) is 0 Å². The summed E-state index contributed by atoms with van der Waals surface area (Å²) in [6.45, 7) is 12.9. The number of aromatic amines is 2. The molecule has 0 bridgehead atoms. The SMILES string of the molecule is COC(=O)N[C@H](C(=O)N1CCC[C@H]1c1nc2c(C)cc(-c3ccc(-c4cc(C)c5nc([C@@H]6CCCN6C(=O)[C@@H](NC(=O)OC)C(C)C)[nH]c5c4)cc3)cc2[nH]1)C(C)C. The Hall–Kier alpha value is -5.92. The Morgan fingerprint density at radius 2 is 1.02 bits per heavy atom. The molecule has 0 spiro atoms. The van der Waals surface area contributed by atoms with Crippen LogP contribution in [0.5, 0.6) is 0 Å². The van der Waals surface area contributed by atoms with E-state index < -0.39 is 24.3 Å². The van der Waals surface area contributed by atoms with Gasteiger partial charge in [-0.3, -0.25) is 9.59 Å². The molecule has 14 nitrogen and oxygen atoms in total. The number of aromatic nitrogens is 4. The summed E-state index contributed by atoms with van der Waals surface area (Å²) in [6.07, 6.45) is 2.00. The highest BCUT2D eigenvalue weighted by Crippen LogP contribution is 2.37. The molecular weight excluding hydrogens is 737 g/mol. The molecule has 5 aromatic rings. The molecule has 4 amide bonds. The standard InChI is InChI=1S/C44H54N8O6/c1-23(2)35(49-43(55)57-7)41(53)51-17-9-11-33(51)39-45-31-21-29(19-25(5)37(31)47-39)27-13-15-28(16-14-27)30-20-26(6)38-32(22-30)46-40(48-38)34-12-10-18-52(34)42(54)36(24(3)4)50-44(56)58-8/h13-16,19-24,33-36H,9-12,17-18H2,1-8H3,(H,45,47)(H,46,48)(H,49,55)(H,50,56)/t33-,34-,35-,36-/m0/s1. The van der Waals surface area contributed by atoms with Gasteiger partial charge >= 0.3 is 12.2 Å². The van der Waals surface area contributed by atoms with Gasteiger partial charge in [0.05, 0.1) is 48.4 Å². The Kier molecular flexibility index (Phi) is 11.5. The lowest BCUT2D eigenvalue weighted by Gasteiger charge is -2.29. The average molecular weight is 791 g/mol. The smallest absolute Gasteiger partial charge is 0.407 e. The van der Waals surface area contributed by atoms with Gasteiger partial charge in [0.25, 0.3) is 0 Å². The number of nitrogens with zero attached hydrogens (tertiary/aromatic N) is 4. The van der Waals surface area contributed by atoms with Crippen LogP contribution in [0.4, 0.5) is 9.59 Å². The van der Waals surface area contributed by atoms with Gasteiger partial charge in [-0.1, -0.05) is 52.0 Å². The number of likely N-dealkylation sites (tertiary alicyclic amines) is 2. The number of nitrogens with one attached hydrogen (secondary N) is 4. The molecule has 4 N–H and O–H groups in total. The Balaban J connectivity index is 1.10. The van der Waals surface area contributed by atoms with Gasteiger partial charge in [-0.05, 0) is 109 Å². The fourth-order valence-corrected chi connectivity index (χ4v) is 8.51. The van der Waals surface area contributed by atoms with E-state index in [1.807, 2.05) is 37.5 Å². The Morgan fingerprint density at radius 3 is 1.36 bits per heavy atom. The summed E-state index contributed by atoms with van der Waals surface area (Å²) in [7, 11) is 2.59. The normalized spacial score (nSPS) is 18.0. The van der Waals surface area contributed by atoms with E-state index in [-0.39, 0.29) is 35.7 Å². The molecule has 3 aromatic carbocycles. The number of amides is 4. The van der Waals surface area contributed by atoms with Crippen LogP contribution in [-0.4, -0.2) is 93.1 Å². The number of H-pyrrole nitrogens is 2. The number of alkyl carbamates (subject to hydrolysis) is 2. The molecule has 14 heteroatoms. The molecule has 7 rings (SSSR count). The maximum atomic E-state index is 13.7. The van der Waals surface area contributed by atoms with Gasteiger partial charge in [-0.15, -0.1) is 0 Å². The van der Waals surface area contributed by atoms with Crippen molar-refractivity contribution in [3.63, 3.8) is 0 Å². The van der Waals surface area contributed by atoms with E-state index in [4.69, 9.17) is 19.4 Å². The molecule has 0 saturated carbocycles. The van der Waals surface area contributed by atoms with Gasteiger partial charge in [-0.2, -0.15) is 0 Å². The number of ether oxygens (including phenoxy) is 2. The largest absolute Gasteiger partial charge is 0.453 e. The second-order valence-corrected chi connectivity index (χ2v) is 16.3. The molecule has 2 saturated heterocycles. The summed E-state index contributed by atoms with van der Waals surface area (Å²) in [5, 5.41) is 5.43. The molecule has 2 aliphatic heterocycles. The van der Waals surface area contributed by atoms with Crippen LogP contribution in [0.1, 0.15) is 88.2 Å². The first-order valence-corrected chi connectivity index (χ1v) is 20.2. The first kappa shape index (κ1) is 40.3. The Morgan fingerprint density at radius 1 is 0.638 bits per heavy atom. The van der Waals surface area contributed by atoms with Crippen LogP contribution in [0.15, 0.2) is 48.5 Å². The summed E-state index contributed by atoms with van der Waals surface area (Å²) in [5.74, 6) is 0.988. The number of fused-ring (bicyclic) bond motifs is 2. The number of rotatable bonds is 10. The van der Waals surface area contributed by atoms with Crippen LogP contribution in [0.25, 0.3) is 44.3 Å². The highest BCUT2D eigenvalue weighted by atomic mass is 16.5. The number of benzene rings is 3. The maximum Gasteiger partial charge on any atom is 0.407 e. The summed E-state index contributed by atoms with van der Waals surface area (Å²) >= 11 is 0. The highest BCUT2D eigenvalue weighted by molar-refractivity contribution is 5.90. The summed E-state index contributed by atoms with van der Waals surface area (Å²) in [6, 6.07) is 15.2. The van der Waals surface area contributed by atoms with Crippen molar-refractivity contribution >= 4 is 46.1 Å². The van der Waals surface area contributed by atoms with Crippen LogP contribution >= 0.6 is 0 Å². The zero-order valence-electron chi connectivity index (χ0n) is 34.6. The van der Waals surface area contributed by atoms with Gasteiger partial charge < -0.3 is 39.9 Å². The molecule has 4 atom stereocenters. The van der Waals surface area contributed by atoms with E-state index in [0.29, 0.717) is 13.1 Å². The van der Waals surface area contributed by atoms with Crippen molar-refractivity contribution < 1.29 is 28.7 Å². The van der Waals surface area contributed by atoms with Crippen LogP contribution in [0, 0.1) is 25.7 Å². The minimum Gasteiger partial charge on any atom is -0.453 e. The lowest BCUT2D eigenvalue weighted by atomic mass is 9.97. The maximum absolute atomic E-state index is 13.7. The van der Waals surface area contributed by atoms with Crippen molar-refractivity contribution in [3.8, 4) is 22.3 Å². The number of aryl methyl sites for hydroxylation is 2. The Labute approximate surface area is 338 Å². The van der Waals surface area contributed by atoms with Crippen molar-refractivity contribution in [3.05, 3.63) is 71.3 Å². The fourth-order valence-electron chi connectivity index (χ4n) is 8.51. The third-order valence-corrected chi connectivity index (χ3v) is 11.6. The number of methoxy groups -OCH3 is 2. The van der Waals surface area contributed by atoms with E-state index >= 15 is 0 Å². The van der Waals surface area contributed by atoms with Crippen molar-refractivity contribution in [1.82, 2.24) is 40.4 Å². The summed E-state index contributed by atoms with van der Waals surface area (Å²) in [4.78, 5) is 72.2. The number of hydrogen-bond acceptors (Lipinski definition) is 8. The molecule has 2 fully saturated rings. The van der Waals surface area contributed by atoms with Crippen LogP contribution in [0.3, 0.4) is 0 Å². The van der Waals surface area contributed by atoms with E-state index in [9.17, 15) is 19.2 Å². The van der Waals surface area contributed by atoms with Gasteiger partial charge in [0.2, 0.25) is 11.8 Å². The summed E-state index contributed by atoms with van der Waals surface area (Å²) in [5.41, 5.74) is 9.82. The quantitative estimate of drug-likeness (QED) is 0.113. The van der Waals surface area contributed by atoms with Crippen LogP contribution in [-0.2, 0) is 19.1 Å². The van der Waals surface area contributed by atoms with E-state index in [0.717, 1.165) is 92.8 Å². The number of imidazole rings is 2. The minimum absolute atomic E-state index is 0.112. The minimum atomic E-state index is -0.696. The molecule has 58 heavy (non-hydrogen) atoms. The molecular formula is C44H54N8O6. The molecule has 0 unspecified atom stereocenters. The zero-order chi connectivity index (χ0) is 41.4. The number of carbonyl (C=O) groups is 4. The lowest BCUT2D eigenvalue weighted by molar-refractivity contribution is -0.136. The lowest BCUT2D eigenvalue weighted by Crippen LogP contribution is -2.51. The topological polar surface area (TPSA) is 175 Å². The molecule has 306 valence electrons. The van der Waals surface area contributed by atoms with Crippen molar-refractivity contribution in [2.45, 2.75) is 91.4 Å². The monoisotopic (exact) mass is 790 g/mol. The molecule has 2 aromatic heterocycles. The van der Waals surface area contributed by atoms with E-state index in [1.54, 1.807) is 0 Å². The zero-order valence-corrected chi connectivity index (χ0v) is 34.6. The Bertz CT molecular complexity index is 2180. The number of hydrogen-bond donors (Lipinski definition) is 4. The van der Waals surface area contributed by atoms with Crippen molar-refractivity contribution in [2.75, 3.05) is 27.3 Å². The summed E-state index contributed by atoms with van der Waals surface area (Å²) < 4.78 is 9.57. The average Bonchev–Trinajstić information content (AvgIpc) is 4.04. The molecule has 0 radical (unpaired) electrons. The fraction of sp³-hybridized carbons (Fsp3) is 0.455. The molecule has 4 heterocycles. The third kappa shape index (κ3) is 7.84. The molecule has 0 aliphatic carbocycles. The van der Waals surface area contributed by atoms with E-state index in [2.05, 4.69) is 83.0 Å². The second-order valence-electron chi connectivity index (χ2n) is 16.3. The first-order chi connectivity index (χ1) is 27.8. The number of carbonyl (C=O) groups excluding carboxylic acids is 4. The predicted octanol–water partition coefficient (Wildman–Crippen LogP) is 7.48. The predicted molar refractivity (Wildman–Crippen MR) is 222 cm³/mol. The molecule has 2 aliphatic rings. The van der Waals surface area contributed by atoms with Crippen molar-refractivity contribution in [1.29, 1.82) is 0 Å². The van der Waals surface area contributed by atoms with E-state index in [1.165, 1.54) is 14.2 Å². The highest BCUT2D eigenvalue weighted by Gasteiger charge is 2.39. The second kappa shape index (κ2) is 16.5.